The number of hydrogen-bond acceptors (Lipinski definition) is 6. The lowest BCUT2D eigenvalue weighted by atomic mass is 9.95. The number of halogens is 1. The molecule has 1 unspecified atom stereocenters. The van der Waals surface area contributed by atoms with Crippen LogP contribution >= 0.6 is 11.3 Å². The van der Waals surface area contributed by atoms with E-state index in [0.29, 0.717) is 16.9 Å². The first kappa shape index (κ1) is 20.6. The molecular formula is C23H28FN5OS. The third kappa shape index (κ3) is 3.87. The van der Waals surface area contributed by atoms with Gasteiger partial charge in [0.25, 0.3) is 0 Å². The van der Waals surface area contributed by atoms with Crippen molar-refractivity contribution < 1.29 is 9.18 Å². The molecule has 2 aliphatic heterocycles. The summed E-state index contributed by atoms with van der Waals surface area (Å²) in [5.74, 6) is 0.839. The normalized spacial score (nSPS) is 20.7. The van der Waals surface area contributed by atoms with Crippen LogP contribution in [0.25, 0.3) is 20.3 Å². The number of amides is 1. The molecule has 5 rings (SSSR count). The molecule has 164 valence electrons. The Bertz CT molecular complexity index is 1090. The second kappa shape index (κ2) is 8.67. The van der Waals surface area contributed by atoms with Crippen LogP contribution in [0.5, 0.6) is 0 Å². The molecule has 2 saturated heterocycles. The summed E-state index contributed by atoms with van der Waals surface area (Å²) in [5, 5.41) is 3.78. The average molecular weight is 442 g/mol. The molecule has 2 fully saturated rings. The Kier molecular flexibility index (Phi) is 5.75. The van der Waals surface area contributed by atoms with E-state index < -0.39 is 0 Å². The highest BCUT2D eigenvalue weighted by Crippen LogP contribution is 2.39. The van der Waals surface area contributed by atoms with E-state index in [9.17, 15) is 9.18 Å². The van der Waals surface area contributed by atoms with Crippen molar-refractivity contribution in [1.29, 1.82) is 0 Å². The highest BCUT2D eigenvalue weighted by atomic mass is 32.1. The number of likely N-dealkylation sites (tertiary alicyclic amines) is 1. The number of likely N-dealkylation sites (N-methyl/N-ethyl adjacent to an activating group) is 1. The number of carbonyl (C=O) groups is 1. The van der Waals surface area contributed by atoms with E-state index in [1.54, 1.807) is 6.07 Å². The van der Waals surface area contributed by atoms with E-state index >= 15 is 0 Å². The van der Waals surface area contributed by atoms with E-state index in [1.807, 2.05) is 6.07 Å². The summed E-state index contributed by atoms with van der Waals surface area (Å²) < 4.78 is 16.2. The fraction of sp³-hybridized carbons (Fsp3) is 0.522. The van der Waals surface area contributed by atoms with Gasteiger partial charge in [-0.2, -0.15) is 0 Å². The number of hydrogen-bond donors (Lipinski definition) is 1. The zero-order valence-electron chi connectivity index (χ0n) is 17.8. The van der Waals surface area contributed by atoms with Crippen LogP contribution in [0.1, 0.15) is 32.6 Å². The van der Waals surface area contributed by atoms with Crippen molar-refractivity contribution in [3.05, 3.63) is 30.3 Å². The predicted octanol–water partition coefficient (Wildman–Crippen LogP) is 3.80. The molecule has 3 aromatic rings. The van der Waals surface area contributed by atoms with Gasteiger partial charge in [-0.25, -0.2) is 14.4 Å². The van der Waals surface area contributed by atoms with Gasteiger partial charge in [0.15, 0.2) is 0 Å². The summed E-state index contributed by atoms with van der Waals surface area (Å²) in [6, 6.07) is 5.62. The summed E-state index contributed by atoms with van der Waals surface area (Å²) in [4.78, 5) is 26.3. The maximum atomic E-state index is 14.4. The van der Waals surface area contributed by atoms with Gasteiger partial charge in [-0.1, -0.05) is 13.0 Å². The minimum Gasteiger partial charge on any atom is -0.355 e. The number of carbonyl (C=O) groups excluding carboxylic acids is 1. The Morgan fingerprint density at radius 3 is 2.87 bits per heavy atom. The topological polar surface area (TPSA) is 61.4 Å². The van der Waals surface area contributed by atoms with Crippen LogP contribution < -0.4 is 10.2 Å². The Morgan fingerprint density at radius 2 is 2.06 bits per heavy atom. The minimum absolute atomic E-state index is 0.0462. The lowest BCUT2D eigenvalue weighted by Gasteiger charge is -2.32. The lowest BCUT2D eigenvalue weighted by molar-refractivity contribution is -0.125. The lowest BCUT2D eigenvalue weighted by Crippen LogP contribution is -2.45. The zero-order valence-corrected chi connectivity index (χ0v) is 18.6. The molecule has 0 spiro atoms. The molecule has 1 amide bonds. The molecule has 2 aromatic heterocycles. The number of nitrogens with one attached hydrogen (secondary N) is 1. The van der Waals surface area contributed by atoms with Crippen LogP contribution in [-0.2, 0) is 4.79 Å². The van der Waals surface area contributed by atoms with Gasteiger partial charge in [0.2, 0.25) is 5.91 Å². The number of anilines is 1. The van der Waals surface area contributed by atoms with Crippen molar-refractivity contribution in [3.63, 3.8) is 0 Å². The molecule has 31 heavy (non-hydrogen) atoms. The number of benzene rings is 1. The van der Waals surface area contributed by atoms with Crippen LogP contribution in [0.4, 0.5) is 10.2 Å². The summed E-state index contributed by atoms with van der Waals surface area (Å²) in [6.07, 6.45) is 5.53. The Morgan fingerprint density at radius 1 is 1.23 bits per heavy atom. The van der Waals surface area contributed by atoms with Gasteiger partial charge in [0.05, 0.1) is 15.6 Å². The largest absolute Gasteiger partial charge is 0.355 e. The summed E-state index contributed by atoms with van der Waals surface area (Å²) >= 11 is 1.54. The number of fused-ring (bicyclic) bond motifs is 3. The average Bonchev–Trinajstić information content (AvgIpc) is 3.42. The maximum absolute atomic E-state index is 14.4. The summed E-state index contributed by atoms with van der Waals surface area (Å²) in [7, 11) is 0. The number of thiophene rings is 1. The molecule has 1 aromatic carbocycles. The second-order valence-corrected chi connectivity index (χ2v) is 9.57. The van der Waals surface area contributed by atoms with Crippen LogP contribution in [0.15, 0.2) is 24.5 Å². The molecular weight excluding hydrogens is 413 g/mol. The predicted molar refractivity (Wildman–Crippen MR) is 123 cm³/mol. The van der Waals surface area contributed by atoms with Crippen molar-refractivity contribution in [3.8, 4) is 0 Å². The number of rotatable bonds is 5. The van der Waals surface area contributed by atoms with Crippen molar-refractivity contribution in [2.24, 2.45) is 5.92 Å². The monoisotopic (exact) mass is 441 g/mol. The van der Waals surface area contributed by atoms with Gasteiger partial charge in [-0.15, -0.1) is 11.3 Å². The van der Waals surface area contributed by atoms with E-state index in [4.69, 9.17) is 0 Å². The molecule has 2 aliphatic rings. The molecule has 0 radical (unpaired) electrons. The van der Waals surface area contributed by atoms with Gasteiger partial charge in [0.1, 0.15) is 18.0 Å². The number of nitrogens with zero attached hydrogens (tertiary/aromatic N) is 4. The van der Waals surface area contributed by atoms with Gasteiger partial charge in [-0.05, 0) is 50.9 Å². The van der Waals surface area contributed by atoms with E-state index in [1.165, 1.54) is 36.6 Å². The first-order chi connectivity index (χ1) is 15.2. The molecule has 1 N–H and O–H groups in total. The smallest absolute Gasteiger partial charge is 0.223 e. The quantitative estimate of drug-likeness (QED) is 0.653. The van der Waals surface area contributed by atoms with Crippen molar-refractivity contribution in [2.45, 2.75) is 38.6 Å². The van der Waals surface area contributed by atoms with Crippen molar-refractivity contribution >= 4 is 43.4 Å². The second-order valence-electron chi connectivity index (χ2n) is 8.52. The van der Waals surface area contributed by atoms with Crippen LogP contribution in [0.2, 0.25) is 0 Å². The fourth-order valence-electron chi connectivity index (χ4n) is 5.05. The molecule has 6 nitrogen and oxygen atoms in total. The molecule has 0 aliphatic carbocycles. The highest BCUT2D eigenvalue weighted by molar-refractivity contribution is 7.26. The SMILES string of the molecule is CCN1CCCC1CNC(=O)C1CCN(c2ncnc3c2sc2cccc(F)c23)CC1. The Hall–Kier alpha value is -2.32. The number of aromatic nitrogens is 2. The molecule has 0 saturated carbocycles. The maximum Gasteiger partial charge on any atom is 0.223 e. The standard InChI is InChI=1S/C23H28FN5OS/c1-2-28-10-4-5-16(28)13-25-23(30)15-8-11-29(12-9-15)22-21-20(26-14-27-22)19-17(24)6-3-7-18(19)31-21/h3,6-7,14-16H,2,4-5,8-13H2,1H3,(H,25,30). The number of piperidine rings is 1. The van der Waals surface area contributed by atoms with E-state index in [2.05, 4.69) is 32.0 Å². The molecule has 8 heteroatoms. The molecule has 1 atom stereocenters. The van der Waals surface area contributed by atoms with E-state index in [-0.39, 0.29) is 17.6 Å². The van der Waals surface area contributed by atoms with Crippen LogP contribution in [0.3, 0.4) is 0 Å². The third-order valence-electron chi connectivity index (χ3n) is 6.79. The Labute approximate surface area is 185 Å². The molecule has 4 heterocycles. The fourth-order valence-corrected chi connectivity index (χ4v) is 6.24. The van der Waals surface area contributed by atoms with Crippen molar-refractivity contribution in [1.82, 2.24) is 20.2 Å². The summed E-state index contributed by atoms with van der Waals surface area (Å²) in [5.41, 5.74) is 0.681. The zero-order chi connectivity index (χ0) is 21.4. The Balaban J connectivity index is 1.25. The van der Waals surface area contributed by atoms with Gasteiger partial charge in [-0.3, -0.25) is 9.69 Å². The molecule has 0 bridgehead atoms. The highest BCUT2D eigenvalue weighted by Gasteiger charge is 2.29. The minimum atomic E-state index is -0.243. The third-order valence-corrected chi connectivity index (χ3v) is 7.93. The van der Waals surface area contributed by atoms with Crippen LogP contribution in [-0.4, -0.2) is 59.5 Å². The van der Waals surface area contributed by atoms with Crippen molar-refractivity contribution in [2.75, 3.05) is 37.6 Å². The van der Waals surface area contributed by atoms with Crippen LogP contribution in [0, 0.1) is 11.7 Å². The van der Waals surface area contributed by atoms with Gasteiger partial charge in [0, 0.05) is 36.3 Å². The van der Waals surface area contributed by atoms with E-state index in [0.717, 1.165) is 60.8 Å². The van der Waals surface area contributed by atoms with Gasteiger partial charge < -0.3 is 10.2 Å². The van der Waals surface area contributed by atoms with Gasteiger partial charge >= 0.3 is 0 Å². The first-order valence-corrected chi connectivity index (χ1v) is 12.1. The summed E-state index contributed by atoms with van der Waals surface area (Å²) in [6.45, 7) is 6.67. The first-order valence-electron chi connectivity index (χ1n) is 11.2.